The molecule has 0 amide bonds. The van der Waals surface area contributed by atoms with Crippen LogP contribution in [0.15, 0.2) is 157 Å². The van der Waals surface area contributed by atoms with Crippen molar-refractivity contribution in [2.75, 3.05) is 0 Å². The lowest BCUT2D eigenvalue weighted by Crippen LogP contribution is -2.02. The summed E-state index contributed by atoms with van der Waals surface area (Å²) >= 11 is 0. The zero-order valence-corrected chi connectivity index (χ0v) is 26.9. The number of para-hydroxylation sites is 2. The fraction of sp³-hybridized carbons (Fsp3) is 0.0227. The SMILES string of the molecule is C=CC(=C)c1nc(-c2ccccc2)nc(-c2cc(C)cc3oc4ccc(-c5ccc6c(c5)c5ccccc5n6-c5ccccc5)cc4c23)n1. The molecule has 232 valence electrons. The molecule has 0 aliphatic heterocycles. The van der Waals surface area contributed by atoms with E-state index in [9.17, 15) is 0 Å². The Labute approximate surface area is 283 Å². The molecule has 49 heavy (non-hydrogen) atoms. The highest BCUT2D eigenvalue weighted by Crippen LogP contribution is 2.40. The summed E-state index contributed by atoms with van der Waals surface area (Å²) in [5.41, 5.74) is 10.8. The molecule has 0 fully saturated rings. The zero-order chi connectivity index (χ0) is 33.1. The highest BCUT2D eigenvalue weighted by atomic mass is 16.3. The molecule has 0 bridgehead atoms. The average molecular weight is 631 g/mol. The van der Waals surface area contributed by atoms with Crippen molar-refractivity contribution in [2.45, 2.75) is 6.92 Å². The van der Waals surface area contributed by atoms with Gasteiger partial charge in [-0.1, -0.05) is 98.1 Å². The number of benzene rings is 6. The molecule has 0 spiro atoms. The number of hydrogen-bond acceptors (Lipinski definition) is 4. The molecule has 0 N–H and O–H groups in total. The second-order valence-electron chi connectivity index (χ2n) is 12.3. The van der Waals surface area contributed by atoms with Crippen molar-refractivity contribution in [3.05, 3.63) is 164 Å². The quantitative estimate of drug-likeness (QED) is 0.172. The van der Waals surface area contributed by atoms with Crippen molar-refractivity contribution in [3.8, 4) is 39.6 Å². The first-order chi connectivity index (χ1) is 24.1. The number of nitrogens with zero attached hydrogens (tertiary/aromatic N) is 4. The van der Waals surface area contributed by atoms with Gasteiger partial charge in [-0.15, -0.1) is 0 Å². The number of rotatable bonds is 6. The first-order valence-corrected chi connectivity index (χ1v) is 16.3. The van der Waals surface area contributed by atoms with Gasteiger partial charge in [-0.25, -0.2) is 15.0 Å². The van der Waals surface area contributed by atoms with Gasteiger partial charge in [0.1, 0.15) is 11.2 Å². The summed E-state index contributed by atoms with van der Waals surface area (Å²) in [6.45, 7) is 10.1. The summed E-state index contributed by atoms with van der Waals surface area (Å²) in [5, 5.41) is 4.39. The molecule has 0 aliphatic carbocycles. The summed E-state index contributed by atoms with van der Waals surface area (Å²) in [4.78, 5) is 14.7. The van der Waals surface area contributed by atoms with Gasteiger partial charge in [0.05, 0.1) is 11.0 Å². The third-order valence-corrected chi connectivity index (χ3v) is 9.18. The third-order valence-electron chi connectivity index (χ3n) is 9.18. The van der Waals surface area contributed by atoms with Gasteiger partial charge < -0.3 is 8.98 Å². The van der Waals surface area contributed by atoms with Gasteiger partial charge in [-0.3, -0.25) is 0 Å². The van der Waals surface area contributed by atoms with Crippen molar-refractivity contribution >= 4 is 49.3 Å². The van der Waals surface area contributed by atoms with Crippen LogP contribution in [0.3, 0.4) is 0 Å². The molecule has 3 heterocycles. The molecule has 0 saturated heterocycles. The Balaban J connectivity index is 1.25. The fourth-order valence-electron chi connectivity index (χ4n) is 6.86. The van der Waals surface area contributed by atoms with Crippen molar-refractivity contribution in [1.82, 2.24) is 19.5 Å². The maximum atomic E-state index is 6.47. The molecule has 3 aromatic heterocycles. The molecule has 5 heteroatoms. The van der Waals surface area contributed by atoms with Crippen LogP contribution in [0.25, 0.3) is 88.9 Å². The van der Waals surface area contributed by atoms with Crippen molar-refractivity contribution in [3.63, 3.8) is 0 Å². The third kappa shape index (κ3) is 4.75. The maximum Gasteiger partial charge on any atom is 0.164 e. The van der Waals surface area contributed by atoms with Crippen LogP contribution in [0, 0.1) is 6.92 Å². The number of furan rings is 1. The predicted octanol–water partition coefficient (Wildman–Crippen LogP) is 11.4. The van der Waals surface area contributed by atoms with Crippen LogP contribution in [-0.2, 0) is 0 Å². The van der Waals surface area contributed by atoms with E-state index >= 15 is 0 Å². The molecule has 0 unspecified atom stereocenters. The van der Waals surface area contributed by atoms with E-state index in [1.54, 1.807) is 6.08 Å². The first-order valence-electron chi connectivity index (χ1n) is 16.3. The van der Waals surface area contributed by atoms with E-state index in [1.807, 2.05) is 30.3 Å². The average Bonchev–Trinajstić information content (AvgIpc) is 3.69. The molecule has 9 rings (SSSR count). The van der Waals surface area contributed by atoms with Crippen molar-refractivity contribution in [2.24, 2.45) is 0 Å². The predicted molar refractivity (Wildman–Crippen MR) is 202 cm³/mol. The van der Waals surface area contributed by atoms with Crippen LogP contribution < -0.4 is 0 Å². The minimum absolute atomic E-state index is 0.491. The molecule has 0 aliphatic rings. The Bertz CT molecular complexity index is 2760. The van der Waals surface area contributed by atoms with Gasteiger partial charge in [-0.05, 0) is 78.2 Å². The number of aryl methyl sites for hydroxylation is 1. The van der Waals surface area contributed by atoms with E-state index in [2.05, 4.69) is 128 Å². The van der Waals surface area contributed by atoms with E-state index in [0.29, 0.717) is 23.0 Å². The largest absolute Gasteiger partial charge is 0.456 e. The van der Waals surface area contributed by atoms with E-state index < -0.39 is 0 Å². The van der Waals surface area contributed by atoms with E-state index in [1.165, 1.54) is 21.8 Å². The molecule has 5 nitrogen and oxygen atoms in total. The van der Waals surface area contributed by atoms with Crippen LogP contribution in [0.4, 0.5) is 0 Å². The number of allylic oxidation sites excluding steroid dienone is 2. The van der Waals surface area contributed by atoms with Gasteiger partial charge in [0, 0.05) is 43.9 Å². The summed E-state index contributed by atoms with van der Waals surface area (Å²) < 4.78 is 8.81. The number of aromatic nitrogens is 4. The normalized spacial score (nSPS) is 11.5. The minimum atomic E-state index is 0.491. The van der Waals surface area contributed by atoms with Gasteiger partial charge >= 0.3 is 0 Å². The molecule has 0 radical (unpaired) electrons. The van der Waals surface area contributed by atoms with Gasteiger partial charge in [0.25, 0.3) is 0 Å². The van der Waals surface area contributed by atoms with Crippen LogP contribution in [-0.4, -0.2) is 19.5 Å². The highest BCUT2D eigenvalue weighted by molar-refractivity contribution is 6.14. The second-order valence-corrected chi connectivity index (χ2v) is 12.3. The van der Waals surface area contributed by atoms with Crippen LogP contribution in [0.1, 0.15) is 11.4 Å². The molecule has 0 atom stereocenters. The topological polar surface area (TPSA) is 56.7 Å². The van der Waals surface area contributed by atoms with E-state index in [4.69, 9.17) is 19.4 Å². The smallest absolute Gasteiger partial charge is 0.164 e. The molecular weight excluding hydrogens is 601 g/mol. The van der Waals surface area contributed by atoms with Crippen LogP contribution in [0.2, 0.25) is 0 Å². The fourth-order valence-corrected chi connectivity index (χ4v) is 6.86. The molecule has 0 saturated carbocycles. The summed E-state index contributed by atoms with van der Waals surface area (Å²) in [6.07, 6.45) is 1.67. The Morgan fingerprint density at radius 2 is 1.29 bits per heavy atom. The highest BCUT2D eigenvalue weighted by Gasteiger charge is 2.20. The lowest BCUT2D eigenvalue weighted by Gasteiger charge is -2.10. The number of fused-ring (bicyclic) bond motifs is 6. The Kier molecular flexibility index (Phi) is 6.59. The van der Waals surface area contributed by atoms with Gasteiger partial charge in [0.15, 0.2) is 17.5 Å². The Hall–Kier alpha value is -6.59. The lowest BCUT2D eigenvalue weighted by molar-refractivity contribution is 0.668. The Morgan fingerprint density at radius 3 is 2.08 bits per heavy atom. The monoisotopic (exact) mass is 630 g/mol. The zero-order valence-electron chi connectivity index (χ0n) is 26.9. The first kappa shape index (κ1) is 28.6. The Morgan fingerprint density at radius 1 is 0.612 bits per heavy atom. The number of hydrogen-bond donors (Lipinski definition) is 0. The summed E-state index contributed by atoms with van der Waals surface area (Å²) in [5.74, 6) is 1.63. The molecular formula is C44H30N4O. The summed E-state index contributed by atoms with van der Waals surface area (Å²) in [7, 11) is 0. The lowest BCUT2D eigenvalue weighted by atomic mass is 9.98. The van der Waals surface area contributed by atoms with Crippen molar-refractivity contribution < 1.29 is 4.42 Å². The van der Waals surface area contributed by atoms with E-state index in [-0.39, 0.29) is 0 Å². The standard InChI is InChI=1S/C44H30N4O/c1-4-28(3)42-45-43(29-13-7-5-8-14-29)47-44(46-42)36-23-27(2)24-40-41(36)35-26-31(20-22-39(35)49-40)30-19-21-38-34(25-30)33-17-11-12-18-37(33)48(38)32-15-9-6-10-16-32/h4-26H,1,3H2,2H3. The van der Waals surface area contributed by atoms with Crippen molar-refractivity contribution in [1.29, 1.82) is 0 Å². The van der Waals surface area contributed by atoms with Gasteiger partial charge in [-0.2, -0.15) is 0 Å². The van der Waals surface area contributed by atoms with Crippen LogP contribution in [0.5, 0.6) is 0 Å². The minimum Gasteiger partial charge on any atom is -0.456 e. The maximum absolute atomic E-state index is 6.47. The van der Waals surface area contributed by atoms with E-state index in [0.717, 1.165) is 55.4 Å². The van der Waals surface area contributed by atoms with Gasteiger partial charge in [0.2, 0.25) is 0 Å². The molecule has 6 aromatic carbocycles. The van der Waals surface area contributed by atoms with Crippen LogP contribution >= 0.6 is 0 Å². The molecule has 9 aromatic rings. The second kappa shape index (κ2) is 11.3. The summed E-state index contributed by atoms with van der Waals surface area (Å²) in [6, 6.07) is 46.4.